The molecule has 1 N–H and O–H groups in total. The Morgan fingerprint density at radius 3 is 2.80 bits per heavy atom. The number of para-hydroxylation sites is 2. The van der Waals surface area contributed by atoms with E-state index >= 15 is 0 Å². The second-order valence-corrected chi connectivity index (χ2v) is 6.03. The van der Waals surface area contributed by atoms with Crippen molar-refractivity contribution in [2.45, 2.75) is 12.8 Å². The number of hydrogen-bond acceptors (Lipinski definition) is 3. The van der Waals surface area contributed by atoms with Crippen LogP contribution >= 0.6 is 0 Å². The van der Waals surface area contributed by atoms with Crippen LogP contribution in [0.2, 0.25) is 0 Å². The lowest BCUT2D eigenvalue weighted by atomic mass is 10.2. The first kappa shape index (κ1) is 15.3. The molecule has 0 saturated carbocycles. The molecule has 0 saturated heterocycles. The molecule has 5 heteroatoms. The average molecular weight is 331 g/mol. The molecule has 0 atom stereocenters. The molecule has 4 rings (SSSR count). The molecule has 3 aromatic rings. The molecule has 0 bridgehead atoms. The zero-order valence-corrected chi connectivity index (χ0v) is 13.6. The highest BCUT2D eigenvalue weighted by Crippen LogP contribution is 2.28. The molecular weight excluding hydrogens is 314 g/mol. The van der Waals surface area contributed by atoms with Crippen LogP contribution in [0.3, 0.4) is 0 Å². The molecule has 5 nitrogen and oxygen atoms in total. The lowest BCUT2D eigenvalue weighted by molar-refractivity contribution is -0.125. The molecule has 0 fully saturated rings. The van der Waals surface area contributed by atoms with Gasteiger partial charge in [-0.15, -0.1) is 0 Å². The largest absolute Gasteiger partial charge is 0.324 e. The van der Waals surface area contributed by atoms with Crippen molar-refractivity contribution in [2.24, 2.45) is 0 Å². The number of rotatable bonds is 3. The zero-order valence-electron chi connectivity index (χ0n) is 13.6. The Labute approximate surface area is 145 Å². The van der Waals surface area contributed by atoms with Gasteiger partial charge in [-0.25, -0.2) is 0 Å². The van der Waals surface area contributed by atoms with Gasteiger partial charge in [-0.3, -0.25) is 14.6 Å². The number of pyridine rings is 1. The van der Waals surface area contributed by atoms with Gasteiger partial charge in [0.25, 0.3) is 0 Å². The van der Waals surface area contributed by atoms with E-state index in [9.17, 15) is 9.59 Å². The molecule has 1 aliphatic heterocycles. The van der Waals surface area contributed by atoms with Gasteiger partial charge in [-0.2, -0.15) is 0 Å². The summed E-state index contributed by atoms with van der Waals surface area (Å²) in [6, 6.07) is 17.2. The van der Waals surface area contributed by atoms with Gasteiger partial charge in [-0.05, 0) is 30.2 Å². The predicted octanol–water partition coefficient (Wildman–Crippen LogP) is 3.15. The molecule has 25 heavy (non-hydrogen) atoms. The fourth-order valence-electron chi connectivity index (χ4n) is 3.23. The number of hydrogen-bond donors (Lipinski definition) is 1. The molecule has 0 radical (unpaired) electrons. The smallest absolute Gasteiger partial charge is 0.236 e. The van der Waals surface area contributed by atoms with E-state index in [0.717, 1.165) is 28.6 Å². The van der Waals surface area contributed by atoms with Gasteiger partial charge in [-0.1, -0.05) is 36.4 Å². The van der Waals surface area contributed by atoms with Crippen molar-refractivity contribution in [1.82, 2.24) is 4.98 Å². The number of anilines is 2. The third-order valence-corrected chi connectivity index (χ3v) is 4.41. The Bertz CT molecular complexity index is 963. The first-order valence-electron chi connectivity index (χ1n) is 8.24. The van der Waals surface area contributed by atoms with Crippen LogP contribution in [0, 0.1) is 0 Å². The van der Waals surface area contributed by atoms with E-state index in [1.165, 1.54) is 0 Å². The van der Waals surface area contributed by atoms with Crippen molar-refractivity contribution < 1.29 is 9.59 Å². The van der Waals surface area contributed by atoms with Gasteiger partial charge in [0.05, 0.1) is 11.2 Å². The van der Waals surface area contributed by atoms with Gasteiger partial charge >= 0.3 is 0 Å². The maximum absolute atomic E-state index is 12.5. The van der Waals surface area contributed by atoms with E-state index < -0.39 is 0 Å². The Morgan fingerprint density at radius 1 is 1.04 bits per heavy atom. The summed E-state index contributed by atoms with van der Waals surface area (Å²) < 4.78 is 0. The highest BCUT2D eigenvalue weighted by molar-refractivity contribution is 6.11. The van der Waals surface area contributed by atoms with Gasteiger partial charge in [0.2, 0.25) is 11.8 Å². The molecule has 1 aliphatic rings. The van der Waals surface area contributed by atoms with Crippen molar-refractivity contribution in [3.63, 3.8) is 0 Å². The number of aromatic nitrogens is 1. The molecule has 124 valence electrons. The van der Waals surface area contributed by atoms with Crippen LogP contribution in [-0.4, -0.2) is 23.3 Å². The van der Waals surface area contributed by atoms with Crippen LogP contribution in [0.4, 0.5) is 11.4 Å². The van der Waals surface area contributed by atoms with Crippen LogP contribution in [0.25, 0.3) is 10.9 Å². The van der Waals surface area contributed by atoms with E-state index in [4.69, 9.17) is 0 Å². The summed E-state index contributed by atoms with van der Waals surface area (Å²) in [5.74, 6) is -0.511. The van der Waals surface area contributed by atoms with Gasteiger partial charge < -0.3 is 10.2 Å². The fraction of sp³-hybridized carbons (Fsp3) is 0.150. The number of amides is 2. The van der Waals surface area contributed by atoms with Gasteiger partial charge in [0, 0.05) is 23.8 Å². The summed E-state index contributed by atoms with van der Waals surface area (Å²) in [5.41, 5.74) is 3.40. The minimum absolute atomic E-state index is 0.183. The van der Waals surface area contributed by atoms with Crippen molar-refractivity contribution in [3.05, 3.63) is 66.4 Å². The number of nitrogens with one attached hydrogen (secondary N) is 1. The first-order chi connectivity index (χ1) is 12.2. The quantitative estimate of drug-likeness (QED) is 0.750. The van der Waals surface area contributed by atoms with E-state index in [1.807, 2.05) is 48.5 Å². The standard InChI is InChI=1S/C20H17N3O2/c24-18(22-16-8-3-6-15-7-4-11-21-20(15)16)13-19(25)23-12-10-14-5-1-2-9-17(14)23/h1-9,11H,10,12-13H2,(H,22,24). The summed E-state index contributed by atoms with van der Waals surface area (Å²) in [6.07, 6.45) is 2.33. The molecule has 2 aromatic carbocycles. The lowest BCUT2D eigenvalue weighted by Crippen LogP contribution is -2.32. The van der Waals surface area contributed by atoms with Crippen molar-refractivity contribution in [3.8, 4) is 0 Å². The minimum Gasteiger partial charge on any atom is -0.324 e. The first-order valence-corrected chi connectivity index (χ1v) is 8.24. The van der Waals surface area contributed by atoms with E-state index in [1.54, 1.807) is 17.2 Å². The number of carbonyl (C=O) groups is 2. The SMILES string of the molecule is O=C(CC(=O)N1CCc2ccccc21)Nc1cccc2cccnc12. The molecule has 2 amide bonds. The summed E-state index contributed by atoms with van der Waals surface area (Å²) in [4.78, 5) is 30.9. The van der Waals surface area contributed by atoms with E-state index in [-0.39, 0.29) is 18.2 Å². The average Bonchev–Trinajstić information content (AvgIpc) is 3.06. The van der Waals surface area contributed by atoms with Crippen LogP contribution in [0.1, 0.15) is 12.0 Å². The summed E-state index contributed by atoms with van der Waals surface area (Å²) in [6.45, 7) is 0.626. The minimum atomic E-state index is -0.326. The highest BCUT2D eigenvalue weighted by atomic mass is 16.2. The molecule has 0 unspecified atom stereocenters. The van der Waals surface area contributed by atoms with Gasteiger partial charge in [0.1, 0.15) is 6.42 Å². The molecular formula is C20H17N3O2. The number of benzene rings is 2. The highest BCUT2D eigenvalue weighted by Gasteiger charge is 2.25. The normalized spacial score (nSPS) is 12.9. The van der Waals surface area contributed by atoms with E-state index in [0.29, 0.717) is 12.2 Å². The number of nitrogens with zero attached hydrogens (tertiary/aromatic N) is 2. The van der Waals surface area contributed by atoms with Crippen LogP contribution in [-0.2, 0) is 16.0 Å². The topological polar surface area (TPSA) is 62.3 Å². The second-order valence-electron chi connectivity index (χ2n) is 6.03. The van der Waals surface area contributed by atoms with Crippen molar-refractivity contribution >= 4 is 34.1 Å². The number of carbonyl (C=O) groups excluding carboxylic acids is 2. The molecule has 1 aromatic heterocycles. The Kier molecular flexibility index (Phi) is 3.90. The molecule has 2 heterocycles. The van der Waals surface area contributed by atoms with Crippen LogP contribution in [0.15, 0.2) is 60.8 Å². The van der Waals surface area contributed by atoms with Crippen molar-refractivity contribution in [1.29, 1.82) is 0 Å². The maximum atomic E-state index is 12.5. The third-order valence-electron chi connectivity index (χ3n) is 4.41. The number of fused-ring (bicyclic) bond motifs is 2. The van der Waals surface area contributed by atoms with Crippen LogP contribution < -0.4 is 10.2 Å². The Balaban J connectivity index is 1.48. The summed E-state index contributed by atoms with van der Waals surface area (Å²) in [7, 11) is 0. The molecule has 0 spiro atoms. The monoisotopic (exact) mass is 331 g/mol. The van der Waals surface area contributed by atoms with Crippen molar-refractivity contribution in [2.75, 3.05) is 16.8 Å². The molecule has 0 aliphatic carbocycles. The Hall–Kier alpha value is -3.21. The Morgan fingerprint density at radius 2 is 1.88 bits per heavy atom. The zero-order chi connectivity index (χ0) is 17.2. The summed E-state index contributed by atoms with van der Waals surface area (Å²) >= 11 is 0. The lowest BCUT2D eigenvalue weighted by Gasteiger charge is -2.17. The summed E-state index contributed by atoms with van der Waals surface area (Å²) in [5, 5.41) is 3.76. The van der Waals surface area contributed by atoms with Gasteiger partial charge in [0.15, 0.2) is 0 Å². The maximum Gasteiger partial charge on any atom is 0.236 e. The third kappa shape index (κ3) is 2.96. The van der Waals surface area contributed by atoms with E-state index in [2.05, 4.69) is 10.3 Å². The second kappa shape index (κ2) is 6.36. The fourth-order valence-corrected chi connectivity index (χ4v) is 3.23. The van der Waals surface area contributed by atoms with Crippen LogP contribution in [0.5, 0.6) is 0 Å². The predicted molar refractivity (Wildman–Crippen MR) is 97.5 cm³/mol.